The number of aromatic nitrogens is 2. The average molecular weight is 410 g/mol. The number of aryl methyl sites for hydroxylation is 2. The minimum absolute atomic E-state index is 0.0736. The number of ketones is 1. The zero-order valence-electron chi connectivity index (χ0n) is 16.3. The molecule has 0 aliphatic carbocycles. The smallest absolute Gasteiger partial charge is 0.226 e. The standard InChI is InChI=1S/C22H20ClN3O3/c1-12-7-8-15(10-18(12)23)26-22-20(13(2)25-26)17(11-19(27)24-22)21(28)14-5-4-6-16(9-14)29-3/h4-10,17H,11H2,1-3H3,(H,24,27)/t17-/m0/s1. The predicted octanol–water partition coefficient (Wildman–Crippen LogP) is 4.46. The van der Waals surface area contributed by atoms with Gasteiger partial charge in [0.05, 0.1) is 24.4 Å². The van der Waals surface area contributed by atoms with Crippen LogP contribution in [0.3, 0.4) is 0 Å². The van der Waals surface area contributed by atoms with E-state index in [9.17, 15) is 9.59 Å². The van der Waals surface area contributed by atoms with Gasteiger partial charge in [-0.3, -0.25) is 9.59 Å². The van der Waals surface area contributed by atoms with Crippen LogP contribution >= 0.6 is 11.6 Å². The summed E-state index contributed by atoms with van der Waals surface area (Å²) in [5, 5.41) is 8.08. The third-order valence-electron chi connectivity index (χ3n) is 5.17. The van der Waals surface area contributed by atoms with Gasteiger partial charge in [0.25, 0.3) is 0 Å². The summed E-state index contributed by atoms with van der Waals surface area (Å²) in [5.74, 6) is 0.140. The molecule has 0 saturated carbocycles. The van der Waals surface area contributed by atoms with Gasteiger partial charge in [-0.15, -0.1) is 0 Å². The van der Waals surface area contributed by atoms with Crippen molar-refractivity contribution in [3.8, 4) is 11.4 Å². The molecular formula is C22H20ClN3O3. The maximum absolute atomic E-state index is 13.3. The van der Waals surface area contributed by atoms with Crippen LogP contribution in [0, 0.1) is 13.8 Å². The van der Waals surface area contributed by atoms with E-state index in [1.165, 1.54) is 0 Å². The first-order valence-electron chi connectivity index (χ1n) is 9.23. The van der Waals surface area contributed by atoms with Crippen LogP contribution in [0.25, 0.3) is 5.69 Å². The second-order valence-electron chi connectivity index (χ2n) is 7.09. The largest absolute Gasteiger partial charge is 0.497 e. The van der Waals surface area contributed by atoms with E-state index >= 15 is 0 Å². The zero-order chi connectivity index (χ0) is 20.7. The van der Waals surface area contributed by atoms with Crippen LogP contribution in [0.4, 0.5) is 5.82 Å². The van der Waals surface area contributed by atoms with Crippen molar-refractivity contribution in [2.45, 2.75) is 26.2 Å². The van der Waals surface area contributed by atoms with Crippen molar-refractivity contribution in [2.75, 3.05) is 12.4 Å². The Morgan fingerprint density at radius 1 is 1.24 bits per heavy atom. The van der Waals surface area contributed by atoms with Gasteiger partial charge in [0.1, 0.15) is 11.6 Å². The van der Waals surface area contributed by atoms with Crippen LogP contribution in [0.15, 0.2) is 42.5 Å². The molecule has 0 fully saturated rings. The maximum atomic E-state index is 13.3. The molecule has 2 aromatic carbocycles. The molecule has 1 aliphatic rings. The number of carbonyl (C=O) groups excluding carboxylic acids is 2. The van der Waals surface area contributed by atoms with E-state index in [4.69, 9.17) is 16.3 Å². The molecule has 3 aromatic rings. The Labute approximate surface area is 173 Å². The molecule has 0 radical (unpaired) electrons. The Balaban J connectivity index is 1.81. The van der Waals surface area contributed by atoms with E-state index in [1.807, 2.05) is 26.0 Å². The Bertz CT molecular complexity index is 1140. The third-order valence-corrected chi connectivity index (χ3v) is 5.58. The number of rotatable bonds is 4. The van der Waals surface area contributed by atoms with Crippen LogP contribution < -0.4 is 10.1 Å². The normalized spacial score (nSPS) is 15.6. The fraction of sp³-hybridized carbons (Fsp3) is 0.227. The fourth-order valence-corrected chi connectivity index (χ4v) is 3.82. The number of benzene rings is 2. The summed E-state index contributed by atoms with van der Waals surface area (Å²) in [6.07, 6.45) is 0.0736. The number of halogens is 1. The SMILES string of the molecule is COc1cccc(C(=O)[C@H]2CC(=O)Nc3c2c(C)nn3-c2ccc(C)c(Cl)c2)c1. The van der Waals surface area contributed by atoms with Gasteiger partial charge < -0.3 is 10.1 Å². The molecule has 29 heavy (non-hydrogen) atoms. The van der Waals surface area contributed by atoms with Crippen molar-refractivity contribution in [1.82, 2.24) is 9.78 Å². The van der Waals surface area contributed by atoms with Crippen molar-refractivity contribution in [3.05, 3.63) is 69.9 Å². The summed E-state index contributed by atoms with van der Waals surface area (Å²) < 4.78 is 6.87. The van der Waals surface area contributed by atoms with Crippen molar-refractivity contribution >= 4 is 29.1 Å². The first-order chi connectivity index (χ1) is 13.9. The van der Waals surface area contributed by atoms with Crippen LogP contribution in [-0.2, 0) is 4.79 Å². The fourth-order valence-electron chi connectivity index (χ4n) is 3.65. The molecule has 148 valence electrons. The lowest BCUT2D eigenvalue weighted by Gasteiger charge is -2.23. The van der Waals surface area contributed by atoms with Gasteiger partial charge in [0.2, 0.25) is 5.91 Å². The van der Waals surface area contributed by atoms with Crippen LogP contribution in [-0.4, -0.2) is 28.6 Å². The number of Topliss-reactive ketones (excluding diaryl/α,β-unsaturated/α-hetero) is 1. The number of amides is 1. The number of hydrogen-bond donors (Lipinski definition) is 1. The Morgan fingerprint density at radius 2 is 2.03 bits per heavy atom. The van der Waals surface area contributed by atoms with E-state index in [1.54, 1.807) is 42.1 Å². The highest BCUT2D eigenvalue weighted by Gasteiger charge is 2.36. The molecule has 1 aliphatic heterocycles. The topological polar surface area (TPSA) is 73.2 Å². The molecule has 1 N–H and O–H groups in total. The van der Waals surface area contributed by atoms with Crippen molar-refractivity contribution in [1.29, 1.82) is 0 Å². The summed E-state index contributed by atoms with van der Waals surface area (Å²) in [5.41, 5.74) is 3.59. The number of methoxy groups -OCH3 is 1. The van der Waals surface area contributed by atoms with Gasteiger partial charge >= 0.3 is 0 Å². The van der Waals surface area contributed by atoms with Gasteiger partial charge in [-0.2, -0.15) is 5.10 Å². The molecule has 0 unspecified atom stereocenters. The molecule has 6 nitrogen and oxygen atoms in total. The summed E-state index contributed by atoms with van der Waals surface area (Å²) >= 11 is 6.28. The number of hydrogen-bond acceptors (Lipinski definition) is 4. The monoisotopic (exact) mass is 409 g/mol. The molecule has 1 amide bonds. The quantitative estimate of drug-likeness (QED) is 0.645. The van der Waals surface area contributed by atoms with Crippen LogP contribution in [0.1, 0.15) is 39.5 Å². The maximum Gasteiger partial charge on any atom is 0.226 e. The van der Waals surface area contributed by atoms with E-state index in [-0.39, 0.29) is 18.1 Å². The van der Waals surface area contributed by atoms with Crippen molar-refractivity contribution in [2.24, 2.45) is 0 Å². The summed E-state index contributed by atoms with van der Waals surface area (Å²) in [7, 11) is 1.55. The minimum Gasteiger partial charge on any atom is -0.497 e. The molecular weight excluding hydrogens is 390 g/mol. The summed E-state index contributed by atoms with van der Waals surface area (Å²) in [6.45, 7) is 3.76. The molecule has 0 bridgehead atoms. The number of carbonyl (C=O) groups is 2. The van der Waals surface area contributed by atoms with E-state index in [0.29, 0.717) is 27.8 Å². The second-order valence-corrected chi connectivity index (χ2v) is 7.50. The highest BCUT2D eigenvalue weighted by atomic mass is 35.5. The third kappa shape index (κ3) is 3.40. The highest BCUT2D eigenvalue weighted by molar-refractivity contribution is 6.31. The first kappa shape index (κ1) is 19.2. The highest BCUT2D eigenvalue weighted by Crippen LogP contribution is 2.38. The van der Waals surface area contributed by atoms with E-state index < -0.39 is 5.92 Å². The van der Waals surface area contributed by atoms with Gasteiger partial charge in [0.15, 0.2) is 5.78 Å². The Kier molecular flexibility index (Phi) is 4.88. The molecule has 0 spiro atoms. The lowest BCUT2D eigenvalue weighted by molar-refractivity contribution is -0.116. The molecule has 2 heterocycles. The molecule has 0 saturated heterocycles. The average Bonchev–Trinajstić information content (AvgIpc) is 3.05. The number of ether oxygens (including phenoxy) is 1. The van der Waals surface area contributed by atoms with Gasteiger partial charge in [-0.05, 0) is 43.7 Å². The summed E-state index contributed by atoms with van der Waals surface area (Å²) in [6, 6.07) is 12.5. The lowest BCUT2D eigenvalue weighted by Crippen LogP contribution is -2.28. The number of nitrogens with one attached hydrogen (secondary N) is 1. The Hall–Kier alpha value is -3.12. The molecule has 1 atom stereocenters. The zero-order valence-corrected chi connectivity index (χ0v) is 17.1. The summed E-state index contributed by atoms with van der Waals surface area (Å²) in [4.78, 5) is 25.7. The lowest BCUT2D eigenvalue weighted by atomic mass is 9.85. The number of anilines is 1. The Morgan fingerprint density at radius 3 is 2.76 bits per heavy atom. The second kappa shape index (κ2) is 7.37. The number of fused-ring (bicyclic) bond motifs is 1. The molecule has 7 heteroatoms. The minimum atomic E-state index is -0.611. The van der Waals surface area contributed by atoms with Crippen LogP contribution in [0.2, 0.25) is 5.02 Å². The van der Waals surface area contributed by atoms with Crippen molar-refractivity contribution < 1.29 is 14.3 Å². The van der Waals surface area contributed by atoms with Gasteiger partial charge in [0, 0.05) is 22.6 Å². The first-order valence-corrected chi connectivity index (χ1v) is 9.61. The number of nitrogens with zero attached hydrogens (tertiary/aromatic N) is 2. The molecule has 4 rings (SSSR count). The predicted molar refractivity (Wildman–Crippen MR) is 111 cm³/mol. The van der Waals surface area contributed by atoms with E-state index in [0.717, 1.165) is 16.8 Å². The van der Waals surface area contributed by atoms with Gasteiger partial charge in [-0.1, -0.05) is 29.8 Å². The van der Waals surface area contributed by atoms with Crippen molar-refractivity contribution in [3.63, 3.8) is 0 Å². The van der Waals surface area contributed by atoms with E-state index in [2.05, 4.69) is 10.4 Å². The molecule has 1 aromatic heterocycles. The van der Waals surface area contributed by atoms with Crippen LogP contribution in [0.5, 0.6) is 5.75 Å². The van der Waals surface area contributed by atoms with Gasteiger partial charge in [-0.25, -0.2) is 4.68 Å².